The minimum Gasteiger partial charge on any atom is -0.477 e. The number of ether oxygens (including phenoxy) is 1. The van der Waals surface area contributed by atoms with Crippen molar-refractivity contribution in [3.05, 3.63) is 30.1 Å². The second kappa shape index (κ2) is 7.54. The molecule has 0 radical (unpaired) electrons. The molecular weight excluding hydrogens is 429 g/mol. The van der Waals surface area contributed by atoms with Gasteiger partial charge in [-0.2, -0.15) is 22.5 Å². The summed E-state index contributed by atoms with van der Waals surface area (Å²) in [7, 11) is 0. The van der Waals surface area contributed by atoms with E-state index in [1.165, 1.54) is 27.1 Å². The van der Waals surface area contributed by atoms with Gasteiger partial charge in [0.25, 0.3) is 0 Å². The van der Waals surface area contributed by atoms with E-state index in [1.54, 1.807) is 12.3 Å². The minimum atomic E-state index is -4.45. The normalized spacial score (nSPS) is 24.5. The fraction of sp³-hybridized carbons (Fsp3) is 0.550. The topological polar surface area (TPSA) is 67.6 Å². The van der Waals surface area contributed by atoms with Gasteiger partial charge in [0.15, 0.2) is 17.5 Å². The highest BCUT2D eigenvalue weighted by atomic mass is 32.1. The highest BCUT2D eigenvalue weighted by Gasteiger charge is 2.43. The molecule has 2 fully saturated rings. The summed E-state index contributed by atoms with van der Waals surface area (Å²) in [5.74, 6) is 1.38. The van der Waals surface area contributed by atoms with Gasteiger partial charge >= 0.3 is 6.18 Å². The third-order valence-corrected chi connectivity index (χ3v) is 7.09. The van der Waals surface area contributed by atoms with Crippen molar-refractivity contribution in [3.8, 4) is 5.75 Å². The van der Waals surface area contributed by atoms with E-state index in [4.69, 9.17) is 4.74 Å². The van der Waals surface area contributed by atoms with Gasteiger partial charge in [-0.05, 0) is 68.3 Å². The Balaban J connectivity index is 1.33. The zero-order chi connectivity index (χ0) is 21.8. The molecule has 11 heteroatoms. The average Bonchev–Trinajstić information content (AvgIpc) is 3.38. The van der Waals surface area contributed by atoms with Gasteiger partial charge in [-0.15, -0.1) is 5.10 Å². The van der Waals surface area contributed by atoms with Gasteiger partial charge in [0.2, 0.25) is 5.95 Å². The lowest BCUT2D eigenvalue weighted by molar-refractivity contribution is -0.189. The SMILES string of the molecule is Cc1cc(N2C[C@H]3CC[C@@H](C2)C3Nc2nc3c(O[C@@H](C)C(F)(F)F)cccn3n2)sn1. The van der Waals surface area contributed by atoms with Crippen LogP contribution in [0.5, 0.6) is 5.75 Å². The van der Waals surface area contributed by atoms with Crippen molar-refractivity contribution in [2.24, 2.45) is 11.8 Å². The lowest BCUT2D eigenvalue weighted by Crippen LogP contribution is -2.48. The second-order valence-electron chi connectivity index (χ2n) is 8.36. The molecule has 4 atom stereocenters. The number of pyridine rings is 1. The number of aromatic nitrogens is 4. The fourth-order valence-electron chi connectivity index (χ4n) is 4.58. The number of hydrogen-bond acceptors (Lipinski definition) is 7. The summed E-state index contributed by atoms with van der Waals surface area (Å²) in [6.07, 6.45) is -2.47. The summed E-state index contributed by atoms with van der Waals surface area (Å²) < 4.78 is 49.7. The molecule has 5 rings (SSSR count). The van der Waals surface area contributed by atoms with Crippen molar-refractivity contribution in [1.29, 1.82) is 0 Å². The molecule has 0 amide bonds. The molecule has 1 saturated carbocycles. The van der Waals surface area contributed by atoms with Crippen LogP contribution in [0.15, 0.2) is 24.4 Å². The third kappa shape index (κ3) is 3.90. The van der Waals surface area contributed by atoms with E-state index in [0.29, 0.717) is 17.8 Å². The first kappa shape index (κ1) is 20.3. The number of fused-ring (bicyclic) bond motifs is 3. The molecule has 31 heavy (non-hydrogen) atoms. The van der Waals surface area contributed by atoms with Crippen LogP contribution in [0.2, 0.25) is 0 Å². The Bertz CT molecular complexity index is 1070. The highest BCUT2D eigenvalue weighted by molar-refractivity contribution is 7.10. The maximum absolute atomic E-state index is 12.9. The molecule has 2 bridgehead atoms. The Kier molecular flexibility index (Phi) is 4.95. The van der Waals surface area contributed by atoms with Crippen LogP contribution >= 0.6 is 11.5 Å². The Morgan fingerprint density at radius 3 is 2.65 bits per heavy atom. The van der Waals surface area contributed by atoms with E-state index in [0.717, 1.165) is 38.5 Å². The maximum atomic E-state index is 12.9. The number of nitrogens with zero attached hydrogens (tertiary/aromatic N) is 5. The standard InChI is InChI=1S/C20H23F3N6OS/c1-11-8-16(31-27-11)28-9-13-5-6-14(10-28)17(13)24-19-25-18-15(4-3-7-29(18)26-19)30-12(2)20(21,22)23/h3-4,7-8,12-14,17H,5-6,9-10H2,1-2H3,(H,24,26)/t12-,13-,14+,17?/m0/s1. The zero-order valence-corrected chi connectivity index (χ0v) is 18.0. The number of piperidine rings is 1. The lowest BCUT2D eigenvalue weighted by Gasteiger charge is -2.38. The van der Waals surface area contributed by atoms with E-state index >= 15 is 0 Å². The van der Waals surface area contributed by atoms with E-state index < -0.39 is 12.3 Å². The molecule has 4 heterocycles. The third-order valence-electron chi connectivity index (χ3n) is 6.15. The first-order valence-corrected chi connectivity index (χ1v) is 11.1. The highest BCUT2D eigenvalue weighted by Crippen LogP contribution is 2.41. The Morgan fingerprint density at radius 2 is 2.00 bits per heavy atom. The summed E-state index contributed by atoms with van der Waals surface area (Å²) in [5, 5.41) is 9.09. The number of rotatable bonds is 5. The maximum Gasteiger partial charge on any atom is 0.425 e. The fourth-order valence-corrected chi connectivity index (χ4v) is 5.36. The van der Waals surface area contributed by atoms with Crippen LogP contribution in [-0.4, -0.2) is 50.4 Å². The number of halogens is 3. The molecule has 0 aromatic carbocycles. The molecule has 166 valence electrons. The van der Waals surface area contributed by atoms with Crippen LogP contribution in [-0.2, 0) is 0 Å². The second-order valence-corrected chi connectivity index (χ2v) is 9.14. The van der Waals surface area contributed by atoms with Crippen LogP contribution in [0.4, 0.5) is 24.1 Å². The number of nitrogens with one attached hydrogen (secondary N) is 1. The summed E-state index contributed by atoms with van der Waals surface area (Å²) in [6, 6.07) is 5.45. The van der Waals surface area contributed by atoms with Crippen molar-refractivity contribution >= 4 is 28.1 Å². The van der Waals surface area contributed by atoms with E-state index in [1.807, 2.05) is 6.92 Å². The van der Waals surface area contributed by atoms with Crippen LogP contribution in [0, 0.1) is 18.8 Å². The molecule has 3 aromatic rings. The molecule has 1 aliphatic carbocycles. The predicted molar refractivity (Wildman–Crippen MR) is 112 cm³/mol. The molecule has 1 unspecified atom stereocenters. The van der Waals surface area contributed by atoms with E-state index in [2.05, 4.69) is 30.7 Å². The molecule has 0 spiro atoms. The first-order chi connectivity index (χ1) is 14.8. The van der Waals surface area contributed by atoms with Crippen molar-refractivity contribution < 1.29 is 17.9 Å². The molecule has 2 aliphatic rings. The van der Waals surface area contributed by atoms with Crippen molar-refractivity contribution in [3.63, 3.8) is 0 Å². The smallest absolute Gasteiger partial charge is 0.425 e. The van der Waals surface area contributed by atoms with E-state index in [-0.39, 0.29) is 17.4 Å². The van der Waals surface area contributed by atoms with Crippen LogP contribution in [0.3, 0.4) is 0 Å². The predicted octanol–water partition coefficient (Wildman–Crippen LogP) is 4.15. The monoisotopic (exact) mass is 452 g/mol. The molecule has 7 nitrogen and oxygen atoms in total. The number of hydrogen-bond donors (Lipinski definition) is 1. The van der Waals surface area contributed by atoms with Crippen molar-refractivity contribution in [1.82, 2.24) is 19.0 Å². The van der Waals surface area contributed by atoms with Gasteiger partial charge in [-0.1, -0.05) is 0 Å². The lowest BCUT2D eigenvalue weighted by atomic mass is 9.92. The minimum absolute atomic E-state index is 0.0613. The number of aryl methyl sites for hydroxylation is 1. The van der Waals surface area contributed by atoms with Gasteiger partial charge in [0.05, 0.1) is 5.69 Å². The van der Waals surface area contributed by atoms with Gasteiger partial charge in [0.1, 0.15) is 5.00 Å². The van der Waals surface area contributed by atoms with E-state index in [9.17, 15) is 13.2 Å². The summed E-state index contributed by atoms with van der Waals surface area (Å²) in [4.78, 5) is 6.86. The van der Waals surface area contributed by atoms with Crippen molar-refractivity contribution in [2.45, 2.75) is 45.0 Å². The number of anilines is 2. The largest absolute Gasteiger partial charge is 0.477 e. The summed E-state index contributed by atoms with van der Waals surface area (Å²) in [6.45, 7) is 4.88. The summed E-state index contributed by atoms with van der Waals surface area (Å²) >= 11 is 1.54. The Labute approximate surface area is 181 Å². The average molecular weight is 453 g/mol. The first-order valence-electron chi connectivity index (χ1n) is 10.3. The molecule has 1 aliphatic heterocycles. The Hall–Kier alpha value is -2.56. The molecular formula is C20H23F3N6OS. The van der Waals surface area contributed by atoms with Crippen molar-refractivity contribution in [2.75, 3.05) is 23.3 Å². The molecule has 1 saturated heterocycles. The molecule has 1 N–H and O–H groups in total. The van der Waals surface area contributed by atoms with Crippen LogP contribution in [0.25, 0.3) is 5.65 Å². The van der Waals surface area contributed by atoms with Gasteiger partial charge in [0, 0.05) is 25.3 Å². The van der Waals surface area contributed by atoms with Gasteiger partial charge in [-0.25, -0.2) is 4.52 Å². The van der Waals surface area contributed by atoms with Crippen LogP contribution < -0.4 is 15.0 Å². The van der Waals surface area contributed by atoms with Crippen LogP contribution in [0.1, 0.15) is 25.5 Å². The Morgan fingerprint density at radius 1 is 1.26 bits per heavy atom. The molecule has 3 aromatic heterocycles. The zero-order valence-electron chi connectivity index (χ0n) is 17.1. The van der Waals surface area contributed by atoms with Gasteiger partial charge < -0.3 is 15.0 Å². The quantitative estimate of drug-likeness (QED) is 0.627. The summed E-state index contributed by atoms with van der Waals surface area (Å²) in [5.41, 5.74) is 1.31. The van der Waals surface area contributed by atoms with Gasteiger partial charge in [-0.3, -0.25) is 0 Å². The number of alkyl halides is 3.